The molecule has 0 unspecified atom stereocenters. The summed E-state index contributed by atoms with van der Waals surface area (Å²) in [5, 5.41) is 13.1. The second kappa shape index (κ2) is 7.13. The molecule has 0 aliphatic carbocycles. The van der Waals surface area contributed by atoms with Crippen molar-refractivity contribution >= 4 is 27.6 Å². The summed E-state index contributed by atoms with van der Waals surface area (Å²) >= 11 is 3.28. The van der Waals surface area contributed by atoms with Gasteiger partial charge in [-0.1, -0.05) is 18.2 Å². The predicted octanol–water partition coefficient (Wildman–Crippen LogP) is 3.94. The maximum absolute atomic E-state index is 11.7. The molecule has 0 heterocycles. The minimum absolute atomic E-state index is 0.214. The number of carbonyl (C=O) groups is 1. The number of aromatic hydroxyl groups is 1. The molecule has 0 saturated heterocycles. The van der Waals surface area contributed by atoms with E-state index in [1.54, 1.807) is 31.2 Å². The van der Waals surface area contributed by atoms with E-state index >= 15 is 0 Å². The summed E-state index contributed by atoms with van der Waals surface area (Å²) in [5.74, 6) is -0.127. The fourth-order valence-electron chi connectivity index (χ4n) is 1.87. The third kappa shape index (κ3) is 3.98. The monoisotopic (exact) mass is 349 g/mol. The zero-order valence-electron chi connectivity index (χ0n) is 11.6. The van der Waals surface area contributed by atoms with Crippen LogP contribution in [0.2, 0.25) is 0 Å². The average Bonchev–Trinajstić information content (AvgIpc) is 2.49. The van der Waals surface area contributed by atoms with Gasteiger partial charge in [0.25, 0.3) is 0 Å². The van der Waals surface area contributed by atoms with Gasteiger partial charge in [-0.25, -0.2) is 4.79 Å². The van der Waals surface area contributed by atoms with Crippen LogP contribution in [-0.4, -0.2) is 17.7 Å². The van der Waals surface area contributed by atoms with Crippen molar-refractivity contribution < 1.29 is 14.6 Å². The number of para-hydroxylation sites is 1. The fraction of sp³-hybridized carbons (Fsp3) is 0.188. The second-order valence-electron chi connectivity index (χ2n) is 4.40. The number of benzene rings is 2. The fourth-order valence-corrected chi connectivity index (χ4v) is 2.28. The van der Waals surface area contributed by atoms with E-state index in [1.807, 2.05) is 18.2 Å². The lowest BCUT2D eigenvalue weighted by atomic mass is 10.1. The van der Waals surface area contributed by atoms with Crippen LogP contribution in [0.4, 0.5) is 5.69 Å². The molecule has 2 rings (SSSR count). The molecule has 0 radical (unpaired) electrons. The first kappa shape index (κ1) is 15.4. The summed E-state index contributed by atoms with van der Waals surface area (Å²) in [6, 6.07) is 12.6. The first-order chi connectivity index (χ1) is 10.1. The molecule has 0 bridgehead atoms. The Hall–Kier alpha value is -2.01. The minimum Gasteiger partial charge on any atom is -0.506 e. The molecular formula is C16H16BrNO3. The first-order valence-electron chi connectivity index (χ1n) is 6.59. The molecule has 2 N–H and O–H groups in total. The number of esters is 1. The third-order valence-corrected chi connectivity index (χ3v) is 3.57. The quantitative estimate of drug-likeness (QED) is 0.802. The van der Waals surface area contributed by atoms with E-state index in [0.717, 1.165) is 11.3 Å². The average molecular weight is 350 g/mol. The molecule has 0 saturated carbocycles. The molecule has 110 valence electrons. The molecule has 0 amide bonds. The van der Waals surface area contributed by atoms with E-state index in [4.69, 9.17) is 4.74 Å². The normalized spacial score (nSPS) is 10.2. The smallest absolute Gasteiger partial charge is 0.338 e. The van der Waals surface area contributed by atoms with Crippen LogP contribution in [0.1, 0.15) is 22.8 Å². The van der Waals surface area contributed by atoms with Gasteiger partial charge in [-0.2, -0.15) is 0 Å². The largest absolute Gasteiger partial charge is 0.506 e. The predicted molar refractivity (Wildman–Crippen MR) is 85.5 cm³/mol. The van der Waals surface area contributed by atoms with Crippen molar-refractivity contribution in [3.8, 4) is 5.75 Å². The topological polar surface area (TPSA) is 58.6 Å². The number of phenolic OH excluding ortho intramolecular Hbond substituents is 1. The van der Waals surface area contributed by atoms with E-state index < -0.39 is 0 Å². The molecule has 2 aromatic rings. The first-order valence-corrected chi connectivity index (χ1v) is 7.38. The Balaban J connectivity index is 2.08. The van der Waals surface area contributed by atoms with Gasteiger partial charge in [0, 0.05) is 17.8 Å². The van der Waals surface area contributed by atoms with Gasteiger partial charge in [0.2, 0.25) is 0 Å². The maximum atomic E-state index is 11.7. The number of phenols is 1. The zero-order valence-corrected chi connectivity index (χ0v) is 13.2. The summed E-state index contributed by atoms with van der Waals surface area (Å²) in [4.78, 5) is 11.7. The molecule has 0 fully saturated rings. The second-order valence-corrected chi connectivity index (χ2v) is 5.26. The van der Waals surface area contributed by atoms with E-state index in [2.05, 4.69) is 21.2 Å². The number of carbonyl (C=O) groups excluding carboxylic acids is 1. The van der Waals surface area contributed by atoms with E-state index in [0.29, 0.717) is 23.2 Å². The van der Waals surface area contributed by atoms with Gasteiger partial charge < -0.3 is 15.2 Å². The highest BCUT2D eigenvalue weighted by atomic mass is 79.9. The summed E-state index contributed by atoms with van der Waals surface area (Å²) in [7, 11) is 0. The number of nitrogens with one attached hydrogen (secondary N) is 1. The molecule has 5 heteroatoms. The molecule has 0 atom stereocenters. The van der Waals surface area contributed by atoms with Gasteiger partial charge in [0.05, 0.1) is 16.6 Å². The third-order valence-electron chi connectivity index (χ3n) is 2.93. The summed E-state index contributed by atoms with van der Waals surface area (Å²) < 4.78 is 5.62. The van der Waals surface area contributed by atoms with Crippen LogP contribution in [0.5, 0.6) is 5.75 Å². The van der Waals surface area contributed by atoms with Crippen molar-refractivity contribution in [1.29, 1.82) is 0 Å². The van der Waals surface area contributed by atoms with Crippen molar-refractivity contribution in [1.82, 2.24) is 0 Å². The Kier molecular flexibility index (Phi) is 5.22. The van der Waals surface area contributed by atoms with Crippen LogP contribution in [0, 0.1) is 0 Å². The van der Waals surface area contributed by atoms with Crippen molar-refractivity contribution in [2.24, 2.45) is 0 Å². The maximum Gasteiger partial charge on any atom is 0.338 e. The number of hydrogen-bond donors (Lipinski definition) is 2. The zero-order chi connectivity index (χ0) is 15.2. The number of anilines is 1. The van der Waals surface area contributed by atoms with Crippen LogP contribution >= 0.6 is 15.9 Å². The summed E-state index contributed by atoms with van der Waals surface area (Å²) in [5.41, 5.74) is 2.06. The van der Waals surface area contributed by atoms with E-state index in [9.17, 15) is 9.90 Å². The molecule has 21 heavy (non-hydrogen) atoms. The lowest BCUT2D eigenvalue weighted by molar-refractivity contribution is 0.0526. The molecule has 2 aromatic carbocycles. The Morgan fingerprint density at radius 1 is 1.29 bits per heavy atom. The lowest BCUT2D eigenvalue weighted by Gasteiger charge is -2.10. The van der Waals surface area contributed by atoms with E-state index in [-0.39, 0.29) is 11.7 Å². The number of hydrogen-bond acceptors (Lipinski definition) is 4. The molecule has 0 aromatic heterocycles. The Morgan fingerprint density at radius 3 is 2.81 bits per heavy atom. The highest BCUT2D eigenvalue weighted by molar-refractivity contribution is 9.10. The van der Waals surface area contributed by atoms with Crippen LogP contribution in [0.3, 0.4) is 0 Å². The molecule has 0 aliphatic rings. The van der Waals surface area contributed by atoms with Gasteiger partial charge in [-0.05, 0) is 47.1 Å². The van der Waals surface area contributed by atoms with Gasteiger partial charge in [-0.3, -0.25) is 0 Å². The molecule has 4 nitrogen and oxygen atoms in total. The van der Waals surface area contributed by atoms with Crippen LogP contribution in [-0.2, 0) is 11.3 Å². The standard InChI is InChI=1S/C16H16BrNO3/c1-2-21-16(20)11-5-3-7-13(9-11)18-10-12-6-4-8-14(17)15(12)19/h3-9,18-19H,2,10H2,1H3. The van der Waals surface area contributed by atoms with Crippen molar-refractivity contribution in [3.63, 3.8) is 0 Å². The van der Waals surface area contributed by atoms with Crippen LogP contribution in [0.15, 0.2) is 46.9 Å². The molecule has 0 aliphatic heterocycles. The van der Waals surface area contributed by atoms with Gasteiger partial charge >= 0.3 is 5.97 Å². The van der Waals surface area contributed by atoms with Crippen LogP contribution < -0.4 is 5.32 Å². The summed E-state index contributed by atoms with van der Waals surface area (Å²) in [6.45, 7) is 2.58. The summed E-state index contributed by atoms with van der Waals surface area (Å²) in [6.07, 6.45) is 0. The lowest BCUT2D eigenvalue weighted by Crippen LogP contribution is -2.06. The Morgan fingerprint density at radius 2 is 2.05 bits per heavy atom. The minimum atomic E-state index is -0.341. The van der Waals surface area contributed by atoms with Gasteiger partial charge in [0.1, 0.15) is 5.75 Å². The Bertz CT molecular complexity index is 643. The van der Waals surface area contributed by atoms with Crippen molar-refractivity contribution in [2.45, 2.75) is 13.5 Å². The number of halogens is 1. The number of ether oxygens (including phenoxy) is 1. The van der Waals surface area contributed by atoms with Crippen molar-refractivity contribution in [3.05, 3.63) is 58.1 Å². The highest BCUT2D eigenvalue weighted by Gasteiger charge is 2.08. The van der Waals surface area contributed by atoms with Gasteiger partial charge in [-0.15, -0.1) is 0 Å². The van der Waals surface area contributed by atoms with Gasteiger partial charge in [0.15, 0.2) is 0 Å². The SMILES string of the molecule is CCOC(=O)c1cccc(NCc2cccc(Br)c2O)c1. The molecule has 0 spiro atoms. The Labute approximate surface area is 131 Å². The van der Waals surface area contributed by atoms with E-state index in [1.165, 1.54) is 0 Å². The highest BCUT2D eigenvalue weighted by Crippen LogP contribution is 2.28. The van der Waals surface area contributed by atoms with Crippen LogP contribution in [0.25, 0.3) is 0 Å². The number of rotatable bonds is 5. The molecular weight excluding hydrogens is 334 g/mol. The van der Waals surface area contributed by atoms with Crippen molar-refractivity contribution in [2.75, 3.05) is 11.9 Å².